The fraction of sp³-hybridized carbons (Fsp3) is 0.345. The van der Waals surface area contributed by atoms with Crippen molar-refractivity contribution in [2.45, 2.75) is 57.8 Å². The molecule has 1 saturated heterocycles. The van der Waals surface area contributed by atoms with Crippen LogP contribution in [0.15, 0.2) is 91.0 Å². The number of carbonyl (C=O) groups is 1. The first-order valence-corrected chi connectivity index (χ1v) is 11.9. The third-order valence-corrected chi connectivity index (χ3v) is 5.74. The van der Waals surface area contributed by atoms with E-state index in [0.29, 0.717) is 32.8 Å². The maximum Gasteiger partial charge on any atom is 0.303 e. The van der Waals surface area contributed by atoms with Crippen molar-refractivity contribution in [2.24, 2.45) is 0 Å². The van der Waals surface area contributed by atoms with Crippen molar-refractivity contribution < 1.29 is 28.5 Å². The minimum absolute atomic E-state index is 0.271. The van der Waals surface area contributed by atoms with Gasteiger partial charge in [-0.1, -0.05) is 91.0 Å². The maximum atomic E-state index is 11.9. The van der Waals surface area contributed by atoms with Crippen molar-refractivity contribution in [1.82, 2.24) is 0 Å². The monoisotopic (exact) mass is 476 g/mol. The smallest absolute Gasteiger partial charge is 0.303 e. The molecular weight excluding hydrogens is 444 g/mol. The van der Waals surface area contributed by atoms with E-state index in [9.17, 15) is 4.79 Å². The van der Waals surface area contributed by atoms with Crippen molar-refractivity contribution in [1.29, 1.82) is 0 Å². The average Bonchev–Trinajstić information content (AvgIpc) is 2.89. The second kappa shape index (κ2) is 13.2. The first-order chi connectivity index (χ1) is 17.2. The van der Waals surface area contributed by atoms with Crippen LogP contribution in [0.2, 0.25) is 0 Å². The third-order valence-electron chi connectivity index (χ3n) is 5.74. The standard InChI is InChI=1S/C29H32O6/c1-22(30)34-28-27(32-19-24-13-7-3-8-14-24)17-26(21-31-18-23-11-5-2-6-12-23)35-29(28)33-20-25-15-9-4-10-16-25/h2-16,26-29H,17-21H2,1H3. The Morgan fingerprint density at radius 3 is 1.83 bits per heavy atom. The molecule has 0 spiro atoms. The molecule has 1 fully saturated rings. The fourth-order valence-corrected chi connectivity index (χ4v) is 4.03. The molecule has 0 bridgehead atoms. The highest BCUT2D eigenvalue weighted by molar-refractivity contribution is 5.66. The van der Waals surface area contributed by atoms with E-state index in [1.165, 1.54) is 6.92 Å². The summed E-state index contributed by atoms with van der Waals surface area (Å²) >= 11 is 0. The molecule has 6 heteroatoms. The Labute approximate surface area is 206 Å². The van der Waals surface area contributed by atoms with Gasteiger partial charge in [-0.2, -0.15) is 0 Å². The largest absolute Gasteiger partial charge is 0.454 e. The molecule has 1 aliphatic heterocycles. The Bertz CT molecular complexity index is 958. The first-order valence-electron chi connectivity index (χ1n) is 11.9. The van der Waals surface area contributed by atoms with Crippen LogP contribution in [0.3, 0.4) is 0 Å². The minimum atomic E-state index is -0.779. The summed E-state index contributed by atoms with van der Waals surface area (Å²) in [6.45, 7) is 2.97. The second-order valence-corrected chi connectivity index (χ2v) is 8.57. The molecule has 6 nitrogen and oxygen atoms in total. The van der Waals surface area contributed by atoms with Crippen molar-refractivity contribution in [2.75, 3.05) is 6.61 Å². The number of carbonyl (C=O) groups excluding carboxylic acids is 1. The van der Waals surface area contributed by atoms with Gasteiger partial charge in [0.1, 0.15) is 6.10 Å². The lowest BCUT2D eigenvalue weighted by molar-refractivity contribution is -0.288. The van der Waals surface area contributed by atoms with Crippen molar-refractivity contribution >= 4 is 5.97 Å². The number of esters is 1. The Morgan fingerprint density at radius 2 is 1.29 bits per heavy atom. The van der Waals surface area contributed by atoms with Crippen molar-refractivity contribution in [3.63, 3.8) is 0 Å². The Kier molecular flexibility index (Phi) is 9.43. The summed E-state index contributed by atoms with van der Waals surface area (Å²) in [6.07, 6.45) is -1.62. The van der Waals surface area contributed by atoms with Crippen molar-refractivity contribution in [3.8, 4) is 0 Å². The van der Waals surface area contributed by atoms with Gasteiger partial charge in [0.05, 0.1) is 32.5 Å². The predicted molar refractivity (Wildman–Crippen MR) is 131 cm³/mol. The number of hydrogen-bond donors (Lipinski definition) is 0. The molecule has 1 aliphatic rings. The topological polar surface area (TPSA) is 63.2 Å². The lowest BCUT2D eigenvalue weighted by Crippen LogP contribution is -2.53. The molecule has 1 heterocycles. The summed E-state index contributed by atoms with van der Waals surface area (Å²) in [5.41, 5.74) is 3.14. The molecule has 0 aliphatic carbocycles. The van der Waals surface area contributed by atoms with Gasteiger partial charge in [0.2, 0.25) is 0 Å². The summed E-state index contributed by atoms with van der Waals surface area (Å²) in [5.74, 6) is -0.404. The molecular formula is C29H32O6. The van der Waals surface area contributed by atoms with Crippen LogP contribution >= 0.6 is 0 Å². The summed E-state index contributed by atoms with van der Waals surface area (Å²) < 4.78 is 30.2. The zero-order valence-corrected chi connectivity index (χ0v) is 20.0. The van der Waals surface area contributed by atoms with E-state index in [1.54, 1.807) is 0 Å². The maximum absolute atomic E-state index is 11.9. The van der Waals surface area contributed by atoms with Gasteiger partial charge in [0.15, 0.2) is 12.4 Å². The van der Waals surface area contributed by atoms with E-state index in [2.05, 4.69) is 0 Å². The van der Waals surface area contributed by atoms with Crippen LogP contribution in [0.5, 0.6) is 0 Å². The molecule has 0 aromatic heterocycles. The molecule has 4 unspecified atom stereocenters. The third kappa shape index (κ3) is 8.01. The van der Waals surface area contributed by atoms with Gasteiger partial charge in [-0.05, 0) is 16.7 Å². The number of ether oxygens (including phenoxy) is 5. The molecule has 0 N–H and O–H groups in total. The van der Waals surface area contributed by atoms with Gasteiger partial charge in [-0.3, -0.25) is 4.79 Å². The van der Waals surface area contributed by atoms with E-state index in [1.807, 2.05) is 91.0 Å². The molecule has 4 atom stereocenters. The van der Waals surface area contributed by atoms with Crippen LogP contribution < -0.4 is 0 Å². The summed E-state index contributed by atoms with van der Waals surface area (Å²) in [4.78, 5) is 11.9. The molecule has 0 radical (unpaired) electrons. The van der Waals surface area contributed by atoms with Crippen molar-refractivity contribution in [3.05, 3.63) is 108 Å². The number of rotatable bonds is 11. The minimum Gasteiger partial charge on any atom is -0.454 e. The van der Waals surface area contributed by atoms with E-state index in [-0.39, 0.29) is 6.10 Å². The van der Waals surface area contributed by atoms with Crippen LogP contribution in [-0.4, -0.2) is 37.2 Å². The molecule has 3 aromatic rings. The Balaban J connectivity index is 1.45. The summed E-state index contributed by atoms with van der Waals surface area (Å²) in [6, 6.07) is 29.7. The lowest BCUT2D eigenvalue weighted by Gasteiger charge is -2.40. The fourth-order valence-electron chi connectivity index (χ4n) is 4.03. The van der Waals surface area contributed by atoms with E-state index >= 15 is 0 Å². The summed E-state index contributed by atoms with van der Waals surface area (Å²) in [5, 5.41) is 0. The lowest BCUT2D eigenvalue weighted by atomic mass is 10.0. The van der Waals surface area contributed by atoms with Crippen LogP contribution in [0.4, 0.5) is 0 Å². The summed E-state index contributed by atoms with van der Waals surface area (Å²) in [7, 11) is 0. The highest BCUT2D eigenvalue weighted by Crippen LogP contribution is 2.28. The Hall–Kier alpha value is -3.03. The van der Waals surface area contributed by atoms with E-state index in [0.717, 1.165) is 16.7 Å². The van der Waals surface area contributed by atoms with Crippen LogP contribution in [0.1, 0.15) is 30.0 Å². The van der Waals surface area contributed by atoms with E-state index in [4.69, 9.17) is 23.7 Å². The van der Waals surface area contributed by atoms with Gasteiger partial charge in [0.25, 0.3) is 0 Å². The number of hydrogen-bond acceptors (Lipinski definition) is 6. The number of benzene rings is 3. The molecule has 3 aromatic carbocycles. The molecule has 0 amide bonds. The Morgan fingerprint density at radius 1 is 0.771 bits per heavy atom. The van der Waals surface area contributed by atoms with Crippen LogP contribution in [0, 0.1) is 0 Å². The quantitative estimate of drug-likeness (QED) is 0.361. The molecule has 184 valence electrons. The molecule has 0 saturated carbocycles. The molecule has 35 heavy (non-hydrogen) atoms. The van der Waals surface area contributed by atoms with Gasteiger partial charge in [0, 0.05) is 13.3 Å². The average molecular weight is 477 g/mol. The predicted octanol–water partition coefficient (Wildman–Crippen LogP) is 5.05. The van der Waals surface area contributed by atoms with E-state index < -0.39 is 24.5 Å². The highest BCUT2D eigenvalue weighted by Gasteiger charge is 2.42. The first kappa shape index (κ1) is 25.1. The SMILES string of the molecule is CC(=O)OC1C(OCc2ccccc2)CC(COCc2ccccc2)OC1OCc1ccccc1. The highest BCUT2D eigenvalue weighted by atomic mass is 16.7. The molecule has 4 rings (SSSR count). The van der Waals surface area contributed by atoms with Gasteiger partial charge in [-0.25, -0.2) is 0 Å². The van der Waals surface area contributed by atoms with Gasteiger partial charge < -0.3 is 23.7 Å². The van der Waals surface area contributed by atoms with Crippen LogP contribution in [0.25, 0.3) is 0 Å². The zero-order chi connectivity index (χ0) is 24.3. The normalized spacial score (nSPS) is 22.0. The van der Waals surface area contributed by atoms with Gasteiger partial charge >= 0.3 is 5.97 Å². The van der Waals surface area contributed by atoms with Crippen LogP contribution in [-0.2, 0) is 48.3 Å². The van der Waals surface area contributed by atoms with Gasteiger partial charge in [-0.15, -0.1) is 0 Å². The second-order valence-electron chi connectivity index (χ2n) is 8.57. The zero-order valence-electron chi connectivity index (χ0n) is 20.0.